The molecule has 1 saturated heterocycles. The number of morpholine rings is 1. The maximum Gasteiger partial charge on any atom is 0.268 e. The van der Waals surface area contributed by atoms with Gasteiger partial charge in [0.2, 0.25) is 10.0 Å². The fraction of sp³-hybridized carbons (Fsp3) is 0.389. The first kappa shape index (κ1) is 18.6. The van der Waals surface area contributed by atoms with Crippen LogP contribution in [0.15, 0.2) is 42.5 Å². The number of benzene rings is 1. The van der Waals surface area contributed by atoms with Crippen LogP contribution in [-0.4, -0.2) is 61.8 Å². The minimum absolute atomic E-state index is 0.213. The first-order valence-electron chi connectivity index (χ1n) is 8.42. The van der Waals surface area contributed by atoms with Gasteiger partial charge in [-0.25, -0.2) is 8.42 Å². The summed E-state index contributed by atoms with van der Waals surface area (Å²) >= 11 is 0. The number of nitrogens with zero attached hydrogens (tertiary/aromatic N) is 2. The number of ether oxygens (including phenoxy) is 1. The van der Waals surface area contributed by atoms with Gasteiger partial charge in [0, 0.05) is 32.4 Å². The molecule has 1 fully saturated rings. The first-order chi connectivity index (χ1) is 12.4. The number of nitrogens with one attached hydrogen (secondary N) is 1. The third kappa shape index (κ3) is 4.14. The van der Waals surface area contributed by atoms with Crippen LogP contribution >= 0.6 is 0 Å². The summed E-state index contributed by atoms with van der Waals surface area (Å²) in [5.74, 6) is -0.213. The highest BCUT2D eigenvalue weighted by Crippen LogP contribution is 2.21. The standard InChI is InChI=1S/C18H23N3O4S/c1-20-16(14-6-4-3-5-7-14)8-9-17(20)18(22)19-12-15-13-21(10-11-25-15)26(2,23)24/h3-9,15H,10-13H2,1-2H3,(H,19,22). The average molecular weight is 377 g/mol. The smallest absolute Gasteiger partial charge is 0.268 e. The number of carbonyl (C=O) groups excluding carboxylic acids is 1. The van der Waals surface area contributed by atoms with E-state index < -0.39 is 10.0 Å². The molecule has 1 atom stereocenters. The molecule has 26 heavy (non-hydrogen) atoms. The molecule has 140 valence electrons. The summed E-state index contributed by atoms with van der Waals surface area (Å²) < 4.78 is 32.1. The molecule has 0 radical (unpaired) electrons. The van der Waals surface area contributed by atoms with Crippen LogP contribution in [0.1, 0.15) is 10.5 Å². The van der Waals surface area contributed by atoms with Crippen molar-refractivity contribution in [1.29, 1.82) is 0 Å². The molecule has 1 unspecified atom stereocenters. The number of amides is 1. The normalized spacial score (nSPS) is 18.6. The molecule has 1 aliphatic heterocycles. The third-order valence-corrected chi connectivity index (χ3v) is 5.75. The predicted octanol–water partition coefficient (Wildman–Crippen LogP) is 1.08. The lowest BCUT2D eigenvalue weighted by atomic mass is 10.2. The molecule has 2 aromatic rings. The summed E-state index contributed by atoms with van der Waals surface area (Å²) in [5, 5.41) is 2.84. The number of sulfonamides is 1. The average Bonchev–Trinajstić information content (AvgIpc) is 3.01. The Bertz CT molecular complexity index is 877. The highest BCUT2D eigenvalue weighted by atomic mass is 32.2. The number of rotatable bonds is 5. The number of hydrogen-bond donors (Lipinski definition) is 1. The van der Waals surface area contributed by atoms with Gasteiger partial charge in [0.15, 0.2) is 0 Å². The molecule has 0 saturated carbocycles. The van der Waals surface area contributed by atoms with E-state index in [2.05, 4.69) is 5.32 Å². The van der Waals surface area contributed by atoms with Crippen LogP contribution in [-0.2, 0) is 21.8 Å². The molecule has 7 nitrogen and oxygen atoms in total. The van der Waals surface area contributed by atoms with E-state index >= 15 is 0 Å². The zero-order valence-electron chi connectivity index (χ0n) is 14.9. The molecule has 1 aromatic heterocycles. The van der Waals surface area contributed by atoms with E-state index in [0.29, 0.717) is 18.8 Å². The molecular weight excluding hydrogens is 354 g/mol. The van der Waals surface area contributed by atoms with Gasteiger partial charge in [-0.2, -0.15) is 4.31 Å². The number of aromatic nitrogens is 1. The zero-order chi connectivity index (χ0) is 18.7. The van der Waals surface area contributed by atoms with Crippen LogP contribution in [0.2, 0.25) is 0 Å². The molecule has 1 aliphatic rings. The summed E-state index contributed by atoms with van der Waals surface area (Å²) in [6, 6.07) is 13.5. The van der Waals surface area contributed by atoms with Crippen molar-refractivity contribution in [2.75, 3.05) is 32.5 Å². The minimum atomic E-state index is -3.25. The van der Waals surface area contributed by atoms with Crippen molar-refractivity contribution < 1.29 is 17.9 Å². The van der Waals surface area contributed by atoms with Crippen molar-refractivity contribution in [3.05, 3.63) is 48.2 Å². The van der Waals surface area contributed by atoms with Crippen molar-refractivity contribution >= 4 is 15.9 Å². The van der Waals surface area contributed by atoms with Gasteiger partial charge in [0.25, 0.3) is 5.91 Å². The third-order valence-electron chi connectivity index (χ3n) is 4.48. The molecule has 2 heterocycles. The highest BCUT2D eigenvalue weighted by molar-refractivity contribution is 7.88. The molecular formula is C18H23N3O4S. The maximum absolute atomic E-state index is 12.5. The summed E-state index contributed by atoms with van der Waals surface area (Å²) in [4.78, 5) is 12.5. The van der Waals surface area contributed by atoms with Crippen molar-refractivity contribution in [3.8, 4) is 11.3 Å². The largest absolute Gasteiger partial charge is 0.374 e. The van der Waals surface area contributed by atoms with Crippen molar-refractivity contribution in [3.63, 3.8) is 0 Å². The molecule has 0 aliphatic carbocycles. The van der Waals surface area contributed by atoms with Crippen molar-refractivity contribution in [1.82, 2.24) is 14.2 Å². The highest BCUT2D eigenvalue weighted by Gasteiger charge is 2.27. The Balaban J connectivity index is 1.63. The topological polar surface area (TPSA) is 80.6 Å². The first-order valence-corrected chi connectivity index (χ1v) is 10.3. The van der Waals surface area contributed by atoms with Gasteiger partial charge in [-0.05, 0) is 17.7 Å². The van der Waals surface area contributed by atoms with Gasteiger partial charge in [-0.1, -0.05) is 30.3 Å². The van der Waals surface area contributed by atoms with E-state index in [9.17, 15) is 13.2 Å². The zero-order valence-corrected chi connectivity index (χ0v) is 15.7. The summed E-state index contributed by atoms with van der Waals surface area (Å²) in [6.07, 6.45) is 0.833. The Hall–Kier alpha value is -2.16. The molecule has 8 heteroatoms. The molecule has 0 bridgehead atoms. The van der Waals surface area contributed by atoms with Crippen LogP contribution in [0.25, 0.3) is 11.3 Å². The Morgan fingerprint density at radius 1 is 1.23 bits per heavy atom. The molecule has 1 N–H and O–H groups in total. The Morgan fingerprint density at radius 2 is 1.96 bits per heavy atom. The Kier molecular flexibility index (Phi) is 5.45. The lowest BCUT2D eigenvalue weighted by Crippen LogP contribution is -2.49. The fourth-order valence-corrected chi connectivity index (χ4v) is 3.90. The predicted molar refractivity (Wildman–Crippen MR) is 99.3 cm³/mol. The molecule has 1 aromatic carbocycles. The van der Waals surface area contributed by atoms with E-state index in [4.69, 9.17) is 4.74 Å². The lowest BCUT2D eigenvalue weighted by molar-refractivity contribution is 0.000396. The second-order valence-corrected chi connectivity index (χ2v) is 8.34. The maximum atomic E-state index is 12.5. The fourth-order valence-electron chi connectivity index (χ4n) is 3.05. The van der Waals surface area contributed by atoms with Gasteiger partial charge >= 0.3 is 0 Å². The Labute approximate surface area is 153 Å². The van der Waals surface area contributed by atoms with Crippen molar-refractivity contribution in [2.24, 2.45) is 7.05 Å². The summed E-state index contributed by atoms with van der Waals surface area (Å²) in [7, 11) is -1.40. The van der Waals surface area contributed by atoms with Crippen LogP contribution in [0.5, 0.6) is 0 Å². The Morgan fingerprint density at radius 3 is 2.65 bits per heavy atom. The number of hydrogen-bond acceptors (Lipinski definition) is 4. The second-order valence-electron chi connectivity index (χ2n) is 6.35. The van der Waals surface area contributed by atoms with Crippen LogP contribution in [0.3, 0.4) is 0 Å². The van der Waals surface area contributed by atoms with Gasteiger partial charge in [0.05, 0.1) is 19.0 Å². The number of carbonyl (C=O) groups is 1. The summed E-state index contributed by atoms with van der Waals surface area (Å²) in [6.45, 7) is 1.19. The van der Waals surface area contributed by atoms with Crippen LogP contribution < -0.4 is 5.32 Å². The van der Waals surface area contributed by atoms with E-state index in [-0.39, 0.29) is 25.1 Å². The van der Waals surface area contributed by atoms with Gasteiger partial charge in [-0.15, -0.1) is 0 Å². The second kappa shape index (κ2) is 7.61. The van der Waals surface area contributed by atoms with Gasteiger partial charge in [-0.3, -0.25) is 4.79 Å². The van der Waals surface area contributed by atoms with E-state index in [1.165, 1.54) is 10.6 Å². The monoisotopic (exact) mass is 377 g/mol. The lowest BCUT2D eigenvalue weighted by Gasteiger charge is -2.31. The molecule has 0 spiro atoms. The van der Waals surface area contributed by atoms with Gasteiger partial charge in [0.1, 0.15) is 5.69 Å². The minimum Gasteiger partial charge on any atom is -0.374 e. The molecule has 3 rings (SSSR count). The van der Waals surface area contributed by atoms with E-state index in [0.717, 1.165) is 11.3 Å². The summed E-state index contributed by atoms with van der Waals surface area (Å²) in [5.41, 5.74) is 2.53. The quantitative estimate of drug-likeness (QED) is 0.846. The van der Waals surface area contributed by atoms with E-state index in [1.54, 1.807) is 6.07 Å². The SMILES string of the molecule is Cn1c(C(=O)NCC2CN(S(C)(=O)=O)CCO2)ccc1-c1ccccc1. The van der Waals surface area contributed by atoms with Crippen LogP contribution in [0, 0.1) is 0 Å². The molecule has 1 amide bonds. The van der Waals surface area contributed by atoms with Crippen LogP contribution in [0.4, 0.5) is 0 Å². The van der Waals surface area contributed by atoms with Gasteiger partial charge < -0.3 is 14.6 Å². The van der Waals surface area contributed by atoms with Crippen molar-refractivity contribution in [2.45, 2.75) is 6.10 Å². The van der Waals surface area contributed by atoms with E-state index in [1.807, 2.05) is 48.0 Å².